The number of nitrogens with one attached hydrogen (secondary N) is 2. The summed E-state index contributed by atoms with van der Waals surface area (Å²) in [4.78, 5) is 24.4. The van der Waals surface area contributed by atoms with E-state index in [1.165, 1.54) is 37.3 Å². The van der Waals surface area contributed by atoms with Gasteiger partial charge in [-0.1, -0.05) is 17.7 Å². The standard InChI is InChI=1S/C16H14ClF3N2O4/c1-2-25-14(24)15(16(18,19)20,21-11-6-3-5-10(17)9-11)22-13(23)12-7-4-8-26-12/h3-9,21H,2H2,1H3,(H,22,23). The summed E-state index contributed by atoms with van der Waals surface area (Å²) in [7, 11) is 0. The predicted octanol–water partition coefficient (Wildman–Crippen LogP) is 3.60. The molecular weight excluding hydrogens is 377 g/mol. The number of anilines is 1. The second kappa shape index (κ2) is 7.69. The van der Waals surface area contributed by atoms with Gasteiger partial charge < -0.3 is 19.8 Å². The van der Waals surface area contributed by atoms with Gasteiger partial charge in [0.1, 0.15) is 0 Å². The van der Waals surface area contributed by atoms with E-state index in [4.69, 9.17) is 16.0 Å². The first kappa shape index (κ1) is 19.6. The van der Waals surface area contributed by atoms with Crippen LogP contribution < -0.4 is 10.6 Å². The zero-order chi connectivity index (χ0) is 19.4. The van der Waals surface area contributed by atoms with E-state index in [1.807, 2.05) is 5.32 Å². The molecule has 0 spiro atoms. The number of rotatable bonds is 6. The van der Waals surface area contributed by atoms with E-state index in [1.54, 1.807) is 5.32 Å². The maximum Gasteiger partial charge on any atom is 0.441 e. The van der Waals surface area contributed by atoms with Crippen LogP contribution in [0.2, 0.25) is 5.02 Å². The van der Waals surface area contributed by atoms with E-state index in [0.717, 1.165) is 12.3 Å². The zero-order valence-electron chi connectivity index (χ0n) is 13.4. The maximum absolute atomic E-state index is 13.9. The molecule has 2 rings (SSSR count). The van der Waals surface area contributed by atoms with Crippen LogP contribution in [0.25, 0.3) is 0 Å². The summed E-state index contributed by atoms with van der Waals surface area (Å²) in [5, 5.41) is 3.76. The molecule has 0 radical (unpaired) electrons. The van der Waals surface area contributed by atoms with Gasteiger partial charge in [0, 0.05) is 10.7 Å². The van der Waals surface area contributed by atoms with Crippen molar-refractivity contribution in [3.8, 4) is 0 Å². The number of furan rings is 1. The van der Waals surface area contributed by atoms with Crippen molar-refractivity contribution < 1.29 is 31.9 Å². The Labute approximate surface area is 151 Å². The number of esters is 1. The summed E-state index contributed by atoms with van der Waals surface area (Å²) in [6.07, 6.45) is -4.14. The summed E-state index contributed by atoms with van der Waals surface area (Å²) < 4.78 is 51.0. The molecule has 1 unspecified atom stereocenters. The Morgan fingerprint density at radius 2 is 1.96 bits per heavy atom. The normalized spacial score (nSPS) is 13.6. The zero-order valence-corrected chi connectivity index (χ0v) is 14.1. The van der Waals surface area contributed by atoms with Gasteiger partial charge in [0.2, 0.25) is 0 Å². The molecule has 1 heterocycles. The lowest BCUT2D eigenvalue weighted by atomic mass is 10.1. The molecule has 1 atom stereocenters. The molecule has 0 aliphatic rings. The van der Waals surface area contributed by atoms with Crippen molar-refractivity contribution in [1.29, 1.82) is 0 Å². The Morgan fingerprint density at radius 1 is 1.23 bits per heavy atom. The number of ether oxygens (including phenoxy) is 1. The fourth-order valence-electron chi connectivity index (χ4n) is 2.05. The van der Waals surface area contributed by atoms with Gasteiger partial charge in [-0.3, -0.25) is 4.79 Å². The predicted molar refractivity (Wildman–Crippen MR) is 86.7 cm³/mol. The van der Waals surface area contributed by atoms with Gasteiger partial charge in [-0.2, -0.15) is 13.2 Å². The van der Waals surface area contributed by atoms with E-state index in [2.05, 4.69) is 4.74 Å². The van der Waals surface area contributed by atoms with Crippen molar-refractivity contribution in [2.24, 2.45) is 0 Å². The summed E-state index contributed by atoms with van der Waals surface area (Å²) in [5.41, 5.74) is -3.69. The van der Waals surface area contributed by atoms with Crippen LogP contribution in [0.5, 0.6) is 0 Å². The van der Waals surface area contributed by atoms with Gasteiger partial charge in [0.25, 0.3) is 5.91 Å². The molecular formula is C16H14ClF3N2O4. The van der Waals surface area contributed by atoms with Crippen LogP contribution in [0.15, 0.2) is 47.1 Å². The highest BCUT2D eigenvalue weighted by atomic mass is 35.5. The van der Waals surface area contributed by atoms with E-state index in [9.17, 15) is 22.8 Å². The van der Waals surface area contributed by atoms with Crippen LogP contribution in [0, 0.1) is 0 Å². The Kier molecular flexibility index (Phi) is 5.81. The number of carbonyl (C=O) groups is 2. The molecule has 2 aromatic rings. The number of alkyl halides is 3. The van der Waals surface area contributed by atoms with Gasteiger partial charge in [0.15, 0.2) is 5.76 Å². The minimum atomic E-state index is -5.25. The first-order valence-electron chi connectivity index (χ1n) is 7.33. The number of carbonyl (C=O) groups excluding carboxylic acids is 2. The molecule has 1 aromatic heterocycles. The van der Waals surface area contributed by atoms with Crippen molar-refractivity contribution >= 4 is 29.2 Å². The van der Waals surface area contributed by atoms with Gasteiger partial charge in [-0.15, -0.1) is 0 Å². The third kappa shape index (κ3) is 4.10. The van der Waals surface area contributed by atoms with Crippen molar-refractivity contribution in [2.75, 3.05) is 11.9 Å². The quantitative estimate of drug-likeness (QED) is 0.582. The summed E-state index contributed by atoms with van der Waals surface area (Å²) >= 11 is 5.78. The number of benzene rings is 1. The highest BCUT2D eigenvalue weighted by molar-refractivity contribution is 6.30. The lowest BCUT2D eigenvalue weighted by Gasteiger charge is -2.35. The fraction of sp³-hybridized carbons (Fsp3) is 0.250. The summed E-state index contributed by atoms with van der Waals surface area (Å²) in [6, 6.07) is 7.71. The van der Waals surface area contributed by atoms with Crippen LogP contribution in [0.4, 0.5) is 18.9 Å². The topological polar surface area (TPSA) is 80.6 Å². The molecule has 26 heavy (non-hydrogen) atoms. The first-order chi connectivity index (χ1) is 12.2. The van der Waals surface area contributed by atoms with Crippen molar-refractivity contribution in [3.05, 3.63) is 53.4 Å². The third-order valence-electron chi connectivity index (χ3n) is 3.21. The summed E-state index contributed by atoms with van der Waals surface area (Å²) in [5.74, 6) is -3.39. The Hall–Kier alpha value is -2.68. The largest absolute Gasteiger partial charge is 0.463 e. The third-order valence-corrected chi connectivity index (χ3v) is 3.44. The molecule has 0 aliphatic carbocycles. The molecule has 6 nitrogen and oxygen atoms in total. The lowest BCUT2D eigenvalue weighted by Crippen LogP contribution is -2.69. The number of amides is 1. The molecule has 1 aromatic carbocycles. The molecule has 0 aliphatic heterocycles. The minimum absolute atomic E-state index is 0.132. The van der Waals surface area contributed by atoms with Gasteiger partial charge in [-0.25, -0.2) is 4.79 Å². The monoisotopic (exact) mass is 390 g/mol. The molecule has 2 N–H and O–H groups in total. The Bertz CT molecular complexity index is 780. The highest BCUT2D eigenvalue weighted by Crippen LogP contribution is 2.34. The number of hydrogen-bond donors (Lipinski definition) is 2. The molecule has 1 amide bonds. The van der Waals surface area contributed by atoms with Crippen LogP contribution >= 0.6 is 11.6 Å². The Morgan fingerprint density at radius 3 is 2.50 bits per heavy atom. The number of halogens is 4. The van der Waals surface area contributed by atoms with Crippen molar-refractivity contribution in [3.63, 3.8) is 0 Å². The molecule has 0 bridgehead atoms. The molecule has 0 saturated carbocycles. The first-order valence-corrected chi connectivity index (χ1v) is 7.71. The molecule has 0 saturated heterocycles. The fourth-order valence-corrected chi connectivity index (χ4v) is 2.24. The molecule has 0 fully saturated rings. The average Bonchev–Trinajstić information content (AvgIpc) is 3.07. The average molecular weight is 391 g/mol. The smallest absolute Gasteiger partial charge is 0.441 e. The Balaban J connectivity index is 2.49. The van der Waals surface area contributed by atoms with Gasteiger partial charge in [0.05, 0.1) is 12.9 Å². The van der Waals surface area contributed by atoms with Crippen LogP contribution in [-0.2, 0) is 9.53 Å². The van der Waals surface area contributed by atoms with Crippen molar-refractivity contribution in [1.82, 2.24) is 5.32 Å². The second-order valence-corrected chi connectivity index (χ2v) is 5.47. The van der Waals surface area contributed by atoms with Gasteiger partial charge >= 0.3 is 17.8 Å². The van der Waals surface area contributed by atoms with E-state index >= 15 is 0 Å². The van der Waals surface area contributed by atoms with E-state index in [-0.39, 0.29) is 17.3 Å². The number of hydrogen-bond acceptors (Lipinski definition) is 5. The van der Waals surface area contributed by atoms with Crippen molar-refractivity contribution in [2.45, 2.75) is 18.8 Å². The van der Waals surface area contributed by atoms with E-state index < -0.39 is 29.5 Å². The van der Waals surface area contributed by atoms with Crippen LogP contribution in [0.1, 0.15) is 17.5 Å². The van der Waals surface area contributed by atoms with E-state index in [0.29, 0.717) is 0 Å². The molecule has 10 heteroatoms. The maximum atomic E-state index is 13.9. The van der Waals surface area contributed by atoms with Crippen LogP contribution in [0.3, 0.4) is 0 Å². The van der Waals surface area contributed by atoms with Gasteiger partial charge in [-0.05, 0) is 37.3 Å². The summed E-state index contributed by atoms with van der Waals surface area (Å²) in [6.45, 7) is 1.01. The minimum Gasteiger partial charge on any atom is -0.463 e. The lowest BCUT2D eigenvalue weighted by molar-refractivity contribution is -0.204. The molecule has 140 valence electrons. The SMILES string of the molecule is CCOC(=O)C(NC(=O)c1ccco1)(Nc1cccc(Cl)c1)C(F)(F)F. The highest BCUT2D eigenvalue weighted by Gasteiger charge is 2.63. The second-order valence-electron chi connectivity index (χ2n) is 5.04. The van der Waals surface area contributed by atoms with Crippen LogP contribution in [-0.4, -0.2) is 30.3 Å².